The number of anilines is 1. The van der Waals surface area contributed by atoms with Gasteiger partial charge in [-0.25, -0.2) is 4.98 Å². The number of carbonyl (C=O) groups is 1. The highest BCUT2D eigenvalue weighted by Crippen LogP contribution is 2.25. The van der Waals surface area contributed by atoms with Gasteiger partial charge in [-0.05, 0) is 50.2 Å². The minimum atomic E-state index is 0.0404. The Morgan fingerprint density at radius 3 is 2.43 bits per heavy atom. The minimum Gasteiger partial charge on any atom is -0.444 e. The Morgan fingerprint density at radius 2 is 1.77 bits per heavy atom. The molecule has 1 aliphatic rings. The van der Waals surface area contributed by atoms with E-state index in [2.05, 4.69) is 16.5 Å². The largest absolute Gasteiger partial charge is 0.444 e. The van der Waals surface area contributed by atoms with E-state index in [1.807, 2.05) is 65.6 Å². The van der Waals surface area contributed by atoms with Crippen molar-refractivity contribution in [1.82, 2.24) is 9.88 Å². The third-order valence-corrected chi connectivity index (χ3v) is 5.54. The summed E-state index contributed by atoms with van der Waals surface area (Å²) < 4.78 is 5.65. The number of amides is 1. The number of aromatic nitrogens is 1. The summed E-state index contributed by atoms with van der Waals surface area (Å²) in [5, 5.41) is 0. The number of benzene rings is 2. The summed E-state index contributed by atoms with van der Waals surface area (Å²) >= 11 is 0. The average Bonchev–Trinajstić information content (AvgIpc) is 3.27. The van der Waals surface area contributed by atoms with Gasteiger partial charge in [0, 0.05) is 30.3 Å². The van der Waals surface area contributed by atoms with Crippen molar-refractivity contribution in [2.24, 2.45) is 5.92 Å². The van der Waals surface area contributed by atoms with Crippen LogP contribution < -0.4 is 4.90 Å². The van der Waals surface area contributed by atoms with Crippen LogP contribution in [0.2, 0.25) is 0 Å². The van der Waals surface area contributed by atoms with Gasteiger partial charge in [0.1, 0.15) is 6.26 Å². The highest BCUT2D eigenvalue weighted by molar-refractivity contribution is 5.95. The van der Waals surface area contributed by atoms with Crippen LogP contribution in [0.15, 0.2) is 84.0 Å². The topological polar surface area (TPSA) is 49.6 Å². The summed E-state index contributed by atoms with van der Waals surface area (Å²) in [5.74, 6) is 0.880. The van der Waals surface area contributed by atoms with Crippen molar-refractivity contribution in [3.8, 4) is 11.5 Å². The Balaban J connectivity index is 1.34. The van der Waals surface area contributed by atoms with Gasteiger partial charge in [-0.15, -0.1) is 6.58 Å². The quantitative estimate of drug-likeness (QED) is 0.535. The normalized spacial score (nSPS) is 15.1. The van der Waals surface area contributed by atoms with Gasteiger partial charge in [0.2, 0.25) is 11.8 Å². The molecule has 0 unspecified atom stereocenters. The van der Waals surface area contributed by atoms with Crippen molar-refractivity contribution in [3.63, 3.8) is 0 Å². The molecular formula is C25H27N3O2. The molecule has 0 saturated carbocycles. The third kappa shape index (κ3) is 4.69. The molecule has 30 heavy (non-hydrogen) atoms. The predicted octanol–water partition coefficient (Wildman–Crippen LogP) is 4.77. The highest BCUT2D eigenvalue weighted by atomic mass is 16.3. The Morgan fingerprint density at radius 1 is 1.10 bits per heavy atom. The maximum Gasteiger partial charge on any atom is 0.230 e. The summed E-state index contributed by atoms with van der Waals surface area (Å²) in [6.07, 6.45) is 5.22. The van der Waals surface area contributed by atoms with E-state index in [9.17, 15) is 4.79 Å². The van der Waals surface area contributed by atoms with Crippen LogP contribution in [0.25, 0.3) is 11.5 Å². The van der Waals surface area contributed by atoms with Crippen LogP contribution in [0, 0.1) is 5.92 Å². The molecule has 0 N–H and O–H groups in total. The predicted molar refractivity (Wildman–Crippen MR) is 119 cm³/mol. The van der Waals surface area contributed by atoms with Crippen LogP contribution in [0.4, 0.5) is 5.69 Å². The van der Waals surface area contributed by atoms with E-state index in [-0.39, 0.29) is 11.8 Å². The molecule has 3 aromatic rings. The number of carbonyl (C=O) groups excluding carboxylic acids is 1. The van der Waals surface area contributed by atoms with E-state index in [4.69, 9.17) is 4.42 Å². The number of piperidine rings is 1. The first kappa shape index (κ1) is 20.1. The molecule has 2 heterocycles. The van der Waals surface area contributed by atoms with Gasteiger partial charge in [-0.2, -0.15) is 0 Å². The second-order valence-corrected chi connectivity index (χ2v) is 7.63. The lowest BCUT2D eigenvalue weighted by atomic mass is 9.95. The molecule has 1 aromatic heterocycles. The number of oxazole rings is 1. The fourth-order valence-electron chi connectivity index (χ4n) is 3.94. The summed E-state index contributed by atoms with van der Waals surface area (Å²) in [6, 6.07) is 19.8. The van der Waals surface area contributed by atoms with Gasteiger partial charge in [0.05, 0.1) is 5.69 Å². The number of para-hydroxylation sites is 1. The van der Waals surface area contributed by atoms with E-state index < -0.39 is 0 Å². The standard InChI is InChI=1S/C25H27N3O2/c1-2-15-28(23-11-7-4-8-12-23)25(29)21-13-16-27(17-14-21)18-22-19-30-24(26-22)20-9-5-3-6-10-20/h2-12,19,21H,1,13-18H2. The zero-order valence-electron chi connectivity index (χ0n) is 17.1. The lowest BCUT2D eigenvalue weighted by Gasteiger charge is -2.33. The molecular weight excluding hydrogens is 374 g/mol. The summed E-state index contributed by atoms with van der Waals surface area (Å²) in [7, 11) is 0. The van der Waals surface area contributed by atoms with Gasteiger partial charge in [0.15, 0.2) is 0 Å². The molecule has 0 spiro atoms. The smallest absolute Gasteiger partial charge is 0.230 e. The van der Waals surface area contributed by atoms with Crippen LogP contribution in [0.5, 0.6) is 0 Å². The molecule has 5 heteroatoms. The Labute approximate surface area is 177 Å². The highest BCUT2D eigenvalue weighted by Gasteiger charge is 2.29. The molecule has 0 aliphatic carbocycles. The van der Waals surface area contributed by atoms with Crippen LogP contribution in [0.3, 0.4) is 0 Å². The van der Waals surface area contributed by atoms with Crippen molar-refractivity contribution in [3.05, 3.63) is 85.3 Å². The van der Waals surface area contributed by atoms with Crippen LogP contribution in [-0.2, 0) is 11.3 Å². The van der Waals surface area contributed by atoms with Crippen LogP contribution >= 0.6 is 0 Å². The maximum atomic E-state index is 13.1. The van der Waals surface area contributed by atoms with Gasteiger partial charge < -0.3 is 9.32 Å². The molecule has 1 fully saturated rings. The molecule has 1 saturated heterocycles. The Hall–Kier alpha value is -3.18. The number of rotatable bonds is 7. The molecule has 1 amide bonds. The Kier molecular flexibility index (Phi) is 6.40. The maximum absolute atomic E-state index is 13.1. The first-order valence-corrected chi connectivity index (χ1v) is 10.4. The molecule has 1 aliphatic heterocycles. The van der Waals surface area contributed by atoms with E-state index in [1.54, 1.807) is 12.3 Å². The molecule has 2 aromatic carbocycles. The summed E-state index contributed by atoms with van der Waals surface area (Å²) in [4.78, 5) is 22.0. The number of hydrogen-bond donors (Lipinski definition) is 0. The first-order chi connectivity index (χ1) is 14.7. The molecule has 0 atom stereocenters. The second-order valence-electron chi connectivity index (χ2n) is 7.63. The van der Waals surface area contributed by atoms with E-state index in [0.717, 1.165) is 49.4 Å². The van der Waals surface area contributed by atoms with Crippen molar-refractivity contribution in [2.75, 3.05) is 24.5 Å². The number of likely N-dealkylation sites (tertiary alicyclic amines) is 1. The van der Waals surface area contributed by atoms with Crippen molar-refractivity contribution in [1.29, 1.82) is 0 Å². The molecule has 4 rings (SSSR count). The SMILES string of the molecule is C=CCN(C(=O)C1CCN(Cc2coc(-c3ccccc3)n2)CC1)c1ccccc1. The van der Waals surface area contributed by atoms with Crippen LogP contribution in [0.1, 0.15) is 18.5 Å². The second kappa shape index (κ2) is 9.55. The van der Waals surface area contributed by atoms with Crippen molar-refractivity contribution < 1.29 is 9.21 Å². The fraction of sp³-hybridized carbons (Fsp3) is 0.280. The molecule has 5 nitrogen and oxygen atoms in total. The summed E-state index contributed by atoms with van der Waals surface area (Å²) in [6.45, 7) is 6.84. The minimum absolute atomic E-state index is 0.0404. The lowest BCUT2D eigenvalue weighted by Crippen LogP contribution is -2.42. The first-order valence-electron chi connectivity index (χ1n) is 10.4. The number of nitrogens with zero attached hydrogens (tertiary/aromatic N) is 3. The molecule has 154 valence electrons. The van der Waals surface area contributed by atoms with Crippen LogP contribution in [-0.4, -0.2) is 35.4 Å². The zero-order chi connectivity index (χ0) is 20.8. The summed E-state index contributed by atoms with van der Waals surface area (Å²) in [5.41, 5.74) is 2.84. The van der Waals surface area contributed by atoms with Crippen molar-refractivity contribution in [2.45, 2.75) is 19.4 Å². The number of hydrogen-bond acceptors (Lipinski definition) is 4. The van der Waals surface area contributed by atoms with Crippen molar-refractivity contribution >= 4 is 11.6 Å². The van der Waals surface area contributed by atoms with Gasteiger partial charge in [-0.3, -0.25) is 9.69 Å². The van der Waals surface area contributed by atoms with Gasteiger partial charge in [-0.1, -0.05) is 42.5 Å². The molecule has 0 bridgehead atoms. The molecule has 0 radical (unpaired) electrons. The fourth-order valence-corrected chi connectivity index (χ4v) is 3.94. The third-order valence-electron chi connectivity index (χ3n) is 5.54. The lowest BCUT2D eigenvalue weighted by molar-refractivity contribution is -0.123. The van der Waals surface area contributed by atoms with Gasteiger partial charge in [0.25, 0.3) is 0 Å². The van der Waals surface area contributed by atoms with E-state index in [1.165, 1.54) is 0 Å². The average molecular weight is 402 g/mol. The monoisotopic (exact) mass is 401 g/mol. The van der Waals surface area contributed by atoms with E-state index >= 15 is 0 Å². The van der Waals surface area contributed by atoms with E-state index in [0.29, 0.717) is 12.4 Å². The Bertz CT molecular complexity index is 960. The van der Waals surface area contributed by atoms with Gasteiger partial charge >= 0.3 is 0 Å². The zero-order valence-corrected chi connectivity index (χ0v) is 17.1.